The summed E-state index contributed by atoms with van der Waals surface area (Å²) in [4.78, 5) is 12.2. The summed E-state index contributed by atoms with van der Waals surface area (Å²) in [5, 5.41) is -0.345. The van der Waals surface area contributed by atoms with Gasteiger partial charge in [-0.1, -0.05) is 18.9 Å². The van der Waals surface area contributed by atoms with Crippen molar-refractivity contribution in [2.24, 2.45) is 0 Å². The molecule has 0 heterocycles. The Hall–Kier alpha value is -1.36. The Bertz CT molecular complexity index is 598. The maximum atomic E-state index is 12.2. The van der Waals surface area contributed by atoms with Crippen molar-refractivity contribution in [1.82, 2.24) is 0 Å². The Balaban J connectivity index is 2.20. The van der Waals surface area contributed by atoms with Crippen molar-refractivity contribution in [3.8, 4) is 5.75 Å². The van der Waals surface area contributed by atoms with Crippen LogP contribution in [0, 0.1) is 6.92 Å². The van der Waals surface area contributed by atoms with Crippen LogP contribution in [0.15, 0.2) is 18.2 Å². The first-order valence-electron chi connectivity index (χ1n) is 6.83. The van der Waals surface area contributed by atoms with Crippen LogP contribution in [0.1, 0.15) is 41.6 Å². The molecule has 0 bridgehead atoms. The molecule has 0 aromatic heterocycles. The van der Waals surface area contributed by atoms with Crippen molar-refractivity contribution in [3.63, 3.8) is 0 Å². The lowest BCUT2D eigenvalue weighted by Crippen LogP contribution is -2.26. The molecule has 5 heteroatoms. The molecular formula is C15H20O4S. The summed E-state index contributed by atoms with van der Waals surface area (Å²) in [5.74, 6) is -0.359. The van der Waals surface area contributed by atoms with Gasteiger partial charge in [0.25, 0.3) is 0 Å². The van der Waals surface area contributed by atoms with Gasteiger partial charge in [0.15, 0.2) is 15.6 Å². The van der Waals surface area contributed by atoms with Crippen LogP contribution in [0.2, 0.25) is 0 Å². The van der Waals surface area contributed by atoms with E-state index in [1.165, 1.54) is 7.11 Å². The highest BCUT2D eigenvalue weighted by molar-refractivity contribution is 7.92. The Morgan fingerprint density at radius 2 is 1.95 bits per heavy atom. The van der Waals surface area contributed by atoms with Gasteiger partial charge in [0.05, 0.1) is 17.9 Å². The Kier molecular flexibility index (Phi) is 4.48. The number of carbonyl (C=O) groups is 1. The van der Waals surface area contributed by atoms with Crippen molar-refractivity contribution >= 4 is 15.6 Å². The second-order valence-electron chi connectivity index (χ2n) is 5.34. The molecule has 0 spiro atoms. The fraction of sp³-hybridized carbons (Fsp3) is 0.533. The lowest BCUT2D eigenvalue weighted by molar-refractivity contribution is 0.101. The third-order valence-electron chi connectivity index (χ3n) is 3.80. The van der Waals surface area contributed by atoms with E-state index in [2.05, 4.69) is 0 Å². The third-order valence-corrected chi connectivity index (χ3v) is 5.95. The van der Waals surface area contributed by atoms with Gasteiger partial charge in [-0.05, 0) is 37.5 Å². The van der Waals surface area contributed by atoms with Crippen LogP contribution in [-0.2, 0) is 9.84 Å². The zero-order valence-electron chi connectivity index (χ0n) is 11.9. The van der Waals surface area contributed by atoms with Crippen LogP contribution >= 0.6 is 0 Å². The van der Waals surface area contributed by atoms with Gasteiger partial charge >= 0.3 is 0 Å². The van der Waals surface area contributed by atoms with Gasteiger partial charge in [-0.3, -0.25) is 4.79 Å². The molecule has 4 nitrogen and oxygen atoms in total. The summed E-state index contributed by atoms with van der Waals surface area (Å²) >= 11 is 0. The molecule has 0 aliphatic heterocycles. The maximum Gasteiger partial charge on any atom is 0.181 e. The van der Waals surface area contributed by atoms with Crippen LogP contribution in [0.25, 0.3) is 0 Å². The molecule has 2 rings (SSSR count). The van der Waals surface area contributed by atoms with Crippen LogP contribution in [-0.4, -0.2) is 32.3 Å². The van der Waals surface area contributed by atoms with E-state index in [-0.39, 0.29) is 11.0 Å². The number of methoxy groups -OCH3 is 1. The molecule has 0 amide bonds. The van der Waals surface area contributed by atoms with E-state index in [1.807, 2.05) is 6.92 Å². The third kappa shape index (κ3) is 3.20. The summed E-state index contributed by atoms with van der Waals surface area (Å²) in [5.41, 5.74) is 1.32. The van der Waals surface area contributed by atoms with Crippen LogP contribution in [0.5, 0.6) is 5.75 Å². The minimum absolute atomic E-state index is 0.345. The van der Waals surface area contributed by atoms with Crippen molar-refractivity contribution in [2.75, 3.05) is 12.9 Å². The van der Waals surface area contributed by atoms with Crippen molar-refractivity contribution in [3.05, 3.63) is 29.3 Å². The molecule has 0 N–H and O–H groups in total. The van der Waals surface area contributed by atoms with Gasteiger partial charge in [0.2, 0.25) is 0 Å². The van der Waals surface area contributed by atoms with Gasteiger partial charge in [0.1, 0.15) is 11.5 Å². The largest absolute Gasteiger partial charge is 0.496 e. The highest BCUT2D eigenvalue weighted by atomic mass is 32.2. The predicted molar refractivity (Wildman–Crippen MR) is 78.1 cm³/mol. The smallest absolute Gasteiger partial charge is 0.181 e. The van der Waals surface area contributed by atoms with Crippen molar-refractivity contribution in [1.29, 1.82) is 0 Å². The molecule has 0 saturated heterocycles. The molecule has 1 aliphatic carbocycles. The number of ether oxygens (including phenoxy) is 1. The number of ketones is 1. The molecule has 0 atom stereocenters. The average molecular weight is 296 g/mol. The number of hydrogen-bond donors (Lipinski definition) is 0. The van der Waals surface area contributed by atoms with Gasteiger partial charge < -0.3 is 4.74 Å². The van der Waals surface area contributed by atoms with Crippen LogP contribution in [0.4, 0.5) is 0 Å². The first kappa shape index (κ1) is 15.0. The Labute approximate surface area is 120 Å². The van der Waals surface area contributed by atoms with E-state index in [1.54, 1.807) is 18.2 Å². The first-order chi connectivity index (χ1) is 9.44. The Morgan fingerprint density at radius 1 is 1.30 bits per heavy atom. The number of carbonyl (C=O) groups excluding carboxylic acids is 1. The average Bonchev–Trinajstić information content (AvgIpc) is 2.92. The molecule has 1 saturated carbocycles. The van der Waals surface area contributed by atoms with Crippen LogP contribution in [0.3, 0.4) is 0 Å². The number of benzene rings is 1. The molecule has 0 radical (unpaired) electrons. The molecule has 1 aliphatic rings. The summed E-state index contributed by atoms with van der Waals surface area (Å²) in [6, 6.07) is 5.17. The minimum atomic E-state index is -3.35. The van der Waals surface area contributed by atoms with Crippen LogP contribution < -0.4 is 4.74 Å². The lowest BCUT2D eigenvalue weighted by atomic mass is 10.1. The zero-order valence-corrected chi connectivity index (χ0v) is 12.7. The molecule has 1 fully saturated rings. The van der Waals surface area contributed by atoms with Gasteiger partial charge in [-0.15, -0.1) is 0 Å². The molecule has 1 aromatic carbocycles. The van der Waals surface area contributed by atoms with Gasteiger partial charge in [0, 0.05) is 0 Å². The molecule has 1 aromatic rings. The maximum absolute atomic E-state index is 12.2. The number of hydrogen-bond acceptors (Lipinski definition) is 4. The van der Waals surface area contributed by atoms with Gasteiger partial charge in [-0.2, -0.15) is 0 Å². The summed E-state index contributed by atoms with van der Waals surface area (Å²) in [6.45, 7) is 1.89. The zero-order chi connectivity index (χ0) is 14.8. The van der Waals surface area contributed by atoms with E-state index in [4.69, 9.17) is 4.74 Å². The SMILES string of the molecule is COc1cc(C)ccc1C(=O)CS(=O)(=O)C1CCCC1. The topological polar surface area (TPSA) is 60.4 Å². The fourth-order valence-corrected chi connectivity index (χ4v) is 4.46. The highest BCUT2D eigenvalue weighted by Gasteiger charge is 2.31. The summed E-state index contributed by atoms with van der Waals surface area (Å²) in [6.07, 6.45) is 3.24. The highest BCUT2D eigenvalue weighted by Crippen LogP contribution is 2.27. The predicted octanol–water partition coefficient (Wildman–Crippen LogP) is 2.54. The van der Waals surface area contributed by atoms with E-state index in [9.17, 15) is 13.2 Å². The molecule has 0 unspecified atom stereocenters. The second kappa shape index (κ2) is 5.95. The number of sulfone groups is 1. The Morgan fingerprint density at radius 3 is 2.55 bits per heavy atom. The number of Topliss-reactive ketones (excluding diaryl/α,β-unsaturated/α-hetero) is 1. The minimum Gasteiger partial charge on any atom is -0.496 e. The normalized spacial score (nSPS) is 16.3. The molecule has 110 valence electrons. The lowest BCUT2D eigenvalue weighted by Gasteiger charge is -2.12. The van der Waals surface area contributed by atoms with E-state index in [0.29, 0.717) is 24.2 Å². The van der Waals surface area contributed by atoms with Gasteiger partial charge in [-0.25, -0.2) is 8.42 Å². The van der Waals surface area contributed by atoms with Crippen molar-refractivity contribution < 1.29 is 17.9 Å². The van der Waals surface area contributed by atoms with Crippen molar-refractivity contribution in [2.45, 2.75) is 37.9 Å². The number of rotatable bonds is 5. The molecule has 20 heavy (non-hydrogen) atoms. The monoisotopic (exact) mass is 296 g/mol. The van der Waals surface area contributed by atoms with E-state index < -0.39 is 15.6 Å². The fourth-order valence-electron chi connectivity index (χ4n) is 2.65. The molecular weight excluding hydrogens is 276 g/mol. The number of aryl methyl sites for hydroxylation is 1. The standard InChI is InChI=1S/C15H20O4S/c1-11-7-8-13(15(9-11)19-2)14(16)10-20(17,18)12-5-3-4-6-12/h7-9,12H,3-6,10H2,1-2H3. The second-order valence-corrected chi connectivity index (χ2v) is 7.62. The first-order valence-corrected chi connectivity index (χ1v) is 8.55. The van der Waals surface area contributed by atoms with E-state index in [0.717, 1.165) is 18.4 Å². The van der Waals surface area contributed by atoms with E-state index >= 15 is 0 Å². The summed E-state index contributed by atoms with van der Waals surface area (Å²) in [7, 11) is -1.86. The quantitative estimate of drug-likeness (QED) is 0.783. The summed E-state index contributed by atoms with van der Waals surface area (Å²) < 4.78 is 29.6.